The van der Waals surface area contributed by atoms with Crippen molar-refractivity contribution in [1.29, 1.82) is 0 Å². The van der Waals surface area contributed by atoms with Crippen molar-refractivity contribution in [3.8, 4) is 0 Å². The number of benzene rings is 2. The topological polar surface area (TPSA) is 86.4 Å². The number of carbonyl (C=O) groups excluding carboxylic acids is 2. The minimum atomic E-state index is -0.319. The summed E-state index contributed by atoms with van der Waals surface area (Å²) in [5.41, 5.74) is 3.84. The molecule has 29 heavy (non-hydrogen) atoms. The molecule has 1 heterocycles. The van der Waals surface area contributed by atoms with Crippen LogP contribution in [0.3, 0.4) is 0 Å². The summed E-state index contributed by atoms with van der Waals surface area (Å²) >= 11 is 0. The maximum Gasteiger partial charge on any atom is 0.319 e. The predicted molar refractivity (Wildman–Crippen MR) is 115 cm³/mol. The summed E-state index contributed by atoms with van der Waals surface area (Å²) in [5.74, 6) is -0.212. The van der Waals surface area contributed by atoms with E-state index in [0.29, 0.717) is 17.8 Å². The van der Waals surface area contributed by atoms with Crippen molar-refractivity contribution in [2.24, 2.45) is 0 Å². The number of aromatic nitrogens is 1. The number of nitrogens with one attached hydrogen (secondary N) is 3. The first-order valence-corrected chi connectivity index (χ1v) is 9.14. The van der Waals surface area contributed by atoms with E-state index in [0.717, 1.165) is 16.9 Å². The molecule has 0 atom stereocenters. The van der Waals surface area contributed by atoms with E-state index in [1.165, 1.54) is 0 Å². The molecule has 3 aromatic rings. The first-order chi connectivity index (χ1) is 14.0. The Hall–Kier alpha value is -3.87. The van der Waals surface area contributed by atoms with Crippen LogP contribution in [-0.2, 0) is 6.54 Å². The molecule has 0 aliphatic heterocycles. The average Bonchev–Trinajstić information content (AvgIpc) is 2.74. The highest BCUT2D eigenvalue weighted by Crippen LogP contribution is 2.17. The molecule has 0 spiro atoms. The number of hydrogen-bond acceptors (Lipinski definition) is 4. The van der Waals surface area contributed by atoms with Crippen LogP contribution in [0.4, 0.5) is 21.9 Å². The molecule has 0 aliphatic carbocycles. The smallest absolute Gasteiger partial charge is 0.319 e. The van der Waals surface area contributed by atoms with E-state index in [-0.39, 0.29) is 11.9 Å². The molecule has 2 aromatic carbocycles. The molecule has 3 amide bonds. The molecule has 0 unspecified atom stereocenters. The summed E-state index contributed by atoms with van der Waals surface area (Å²) in [5, 5.41) is 8.37. The first kappa shape index (κ1) is 19.9. The number of amides is 3. The van der Waals surface area contributed by atoms with Gasteiger partial charge in [0.2, 0.25) is 0 Å². The van der Waals surface area contributed by atoms with Crippen LogP contribution >= 0.6 is 0 Å². The molecule has 0 bridgehead atoms. The molecule has 0 saturated heterocycles. The summed E-state index contributed by atoms with van der Waals surface area (Å²) < 4.78 is 0. The predicted octanol–water partition coefficient (Wildman–Crippen LogP) is 3.72. The van der Waals surface area contributed by atoms with Gasteiger partial charge < -0.3 is 20.9 Å². The summed E-state index contributed by atoms with van der Waals surface area (Å²) in [6, 6.07) is 17.7. The quantitative estimate of drug-likeness (QED) is 0.600. The molecule has 1 aromatic heterocycles. The van der Waals surface area contributed by atoms with Crippen LogP contribution in [0.5, 0.6) is 0 Å². The van der Waals surface area contributed by atoms with Gasteiger partial charge >= 0.3 is 6.03 Å². The summed E-state index contributed by atoms with van der Waals surface area (Å²) in [6.07, 6.45) is 3.35. The van der Waals surface area contributed by atoms with E-state index in [1.807, 2.05) is 55.4 Å². The van der Waals surface area contributed by atoms with Gasteiger partial charge in [-0.05, 0) is 66.2 Å². The van der Waals surface area contributed by atoms with Gasteiger partial charge in [0, 0.05) is 55.7 Å². The molecule has 0 fully saturated rings. The third-order valence-corrected chi connectivity index (χ3v) is 4.25. The van der Waals surface area contributed by atoms with Crippen molar-refractivity contribution >= 4 is 29.0 Å². The highest BCUT2D eigenvalue weighted by molar-refractivity contribution is 6.04. The lowest BCUT2D eigenvalue weighted by Gasteiger charge is -2.13. The third kappa shape index (κ3) is 5.80. The van der Waals surface area contributed by atoms with Crippen LogP contribution in [0.15, 0.2) is 73.1 Å². The van der Waals surface area contributed by atoms with Crippen molar-refractivity contribution < 1.29 is 9.59 Å². The van der Waals surface area contributed by atoms with E-state index in [1.54, 1.807) is 36.7 Å². The number of pyridine rings is 1. The Labute approximate surface area is 169 Å². The monoisotopic (exact) mass is 389 g/mol. The molecular formula is C22H23N5O2. The van der Waals surface area contributed by atoms with Crippen molar-refractivity contribution in [3.05, 3.63) is 84.2 Å². The van der Waals surface area contributed by atoms with Crippen LogP contribution in [0.2, 0.25) is 0 Å². The number of hydrogen-bond donors (Lipinski definition) is 3. The molecule has 0 radical (unpaired) electrons. The van der Waals surface area contributed by atoms with Gasteiger partial charge in [-0.2, -0.15) is 0 Å². The van der Waals surface area contributed by atoms with Crippen LogP contribution < -0.4 is 20.9 Å². The molecule has 3 N–H and O–H groups in total. The third-order valence-electron chi connectivity index (χ3n) is 4.25. The van der Waals surface area contributed by atoms with E-state index >= 15 is 0 Å². The van der Waals surface area contributed by atoms with Crippen molar-refractivity contribution in [1.82, 2.24) is 10.3 Å². The van der Waals surface area contributed by atoms with Gasteiger partial charge in [-0.25, -0.2) is 4.79 Å². The Morgan fingerprint density at radius 3 is 2.03 bits per heavy atom. The summed E-state index contributed by atoms with van der Waals surface area (Å²) in [6.45, 7) is 0.404. The second-order valence-electron chi connectivity index (χ2n) is 6.64. The molecular weight excluding hydrogens is 366 g/mol. The van der Waals surface area contributed by atoms with Crippen LogP contribution in [-0.4, -0.2) is 31.0 Å². The van der Waals surface area contributed by atoms with Crippen molar-refractivity contribution in [3.63, 3.8) is 0 Å². The number of rotatable bonds is 6. The van der Waals surface area contributed by atoms with Gasteiger partial charge in [0.05, 0.1) is 0 Å². The Balaban J connectivity index is 1.52. The maximum absolute atomic E-state index is 12.4. The molecule has 7 nitrogen and oxygen atoms in total. The van der Waals surface area contributed by atoms with Crippen molar-refractivity contribution in [2.45, 2.75) is 6.54 Å². The molecule has 0 aliphatic rings. The number of anilines is 3. The second-order valence-corrected chi connectivity index (χ2v) is 6.64. The van der Waals surface area contributed by atoms with Crippen molar-refractivity contribution in [2.75, 3.05) is 29.6 Å². The summed E-state index contributed by atoms with van der Waals surface area (Å²) in [4.78, 5) is 30.3. The SMILES string of the molecule is CN(C)c1ccc(NC(=O)c2ccc(NC(=O)NCc3ccncc3)cc2)cc1. The molecule has 0 saturated carbocycles. The average molecular weight is 389 g/mol. The lowest BCUT2D eigenvalue weighted by Crippen LogP contribution is -2.28. The fourth-order valence-electron chi connectivity index (χ4n) is 2.61. The maximum atomic E-state index is 12.4. The van der Waals surface area contributed by atoms with E-state index in [4.69, 9.17) is 0 Å². The van der Waals surface area contributed by atoms with Gasteiger partial charge in [-0.1, -0.05) is 0 Å². The zero-order chi connectivity index (χ0) is 20.6. The minimum absolute atomic E-state index is 0.212. The van der Waals surface area contributed by atoms with Gasteiger partial charge in [0.1, 0.15) is 0 Å². The highest BCUT2D eigenvalue weighted by atomic mass is 16.2. The first-order valence-electron chi connectivity index (χ1n) is 9.14. The largest absolute Gasteiger partial charge is 0.378 e. The van der Waals surface area contributed by atoms with E-state index in [9.17, 15) is 9.59 Å². The van der Waals surface area contributed by atoms with Crippen LogP contribution in [0.1, 0.15) is 15.9 Å². The Morgan fingerprint density at radius 2 is 1.41 bits per heavy atom. The zero-order valence-electron chi connectivity index (χ0n) is 16.3. The minimum Gasteiger partial charge on any atom is -0.378 e. The van der Waals surface area contributed by atoms with E-state index in [2.05, 4.69) is 20.9 Å². The Kier molecular flexibility index (Phi) is 6.42. The standard InChI is InChI=1S/C22H23N5O2/c1-27(2)20-9-7-18(8-10-20)25-21(28)17-3-5-19(6-4-17)26-22(29)24-15-16-11-13-23-14-12-16/h3-14H,15H2,1-2H3,(H,25,28)(H2,24,26,29). The number of nitrogens with zero attached hydrogens (tertiary/aromatic N) is 2. The van der Waals surface area contributed by atoms with Gasteiger partial charge in [-0.3, -0.25) is 9.78 Å². The molecule has 3 rings (SSSR count). The summed E-state index contributed by atoms with van der Waals surface area (Å²) in [7, 11) is 3.92. The molecule has 7 heteroatoms. The highest BCUT2D eigenvalue weighted by Gasteiger charge is 2.08. The fourth-order valence-corrected chi connectivity index (χ4v) is 2.61. The second kappa shape index (κ2) is 9.36. The van der Waals surface area contributed by atoms with E-state index < -0.39 is 0 Å². The van der Waals surface area contributed by atoms with Crippen LogP contribution in [0, 0.1) is 0 Å². The lowest BCUT2D eigenvalue weighted by atomic mass is 10.2. The fraction of sp³-hybridized carbons (Fsp3) is 0.136. The lowest BCUT2D eigenvalue weighted by molar-refractivity contribution is 0.102. The number of carbonyl (C=O) groups is 2. The zero-order valence-corrected chi connectivity index (χ0v) is 16.3. The normalized spacial score (nSPS) is 10.1. The van der Waals surface area contributed by atoms with Gasteiger partial charge in [-0.15, -0.1) is 0 Å². The Morgan fingerprint density at radius 1 is 0.828 bits per heavy atom. The Bertz CT molecular complexity index is 955. The molecule has 148 valence electrons. The van der Waals surface area contributed by atoms with Crippen LogP contribution in [0.25, 0.3) is 0 Å². The van der Waals surface area contributed by atoms with Gasteiger partial charge in [0.15, 0.2) is 0 Å². The van der Waals surface area contributed by atoms with Gasteiger partial charge in [0.25, 0.3) is 5.91 Å². The number of urea groups is 1.